The summed E-state index contributed by atoms with van der Waals surface area (Å²) in [6, 6.07) is 8.94. The molecule has 0 aliphatic heterocycles. The topological polar surface area (TPSA) is 43.1 Å². The lowest BCUT2D eigenvalue weighted by molar-refractivity contribution is 0.561. The molecule has 0 atom stereocenters. The molecule has 78 valence electrons. The van der Waals surface area contributed by atoms with Gasteiger partial charge in [-0.3, -0.25) is 4.98 Å². The van der Waals surface area contributed by atoms with E-state index in [0.29, 0.717) is 5.58 Å². The zero-order valence-electron chi connectivity index (χ0n) is 8.73. The summed E-state index contributed by atoms with van der Waals surface area (Å²) >= 11 is 0. The second-order valence-electron chi connectivity index (χ2n) is 3.76. The van der Waals surface area contributed by atoms with E-state index in [2.05, 4.69) is 4.98 Å². The van der Waals surface area contributed by atoms with Gasteiger partial charge in [0.2, 0.25) is 0 Å². The van der Waals surface area contributed by atoms with Crippen LogP contribution in [0.1, 0.15) is 5.56 Å². The molecule has 3 nitrogen and oxygen atoms in total. The van der Waals surface area contributed by atoms with Crippen molar-refractivity contribution in [2.24, 2.45) is 0 Å². The van der Waals surface area contributed by atoms with Gasteiger partial charge in [-0.1, -0.05) is 6.07 Å². The average molecular weight is 211 g/mol. The van der Waals surface area contributed by atoms with Crippen LogP contribution in [0.2, 0.25) is 0 Å². The van der Waals surface area contributed by atoms with Crippen LogP contribution in [-0.4, -0.2) is 4.98 Å². The zero-order chi connectivity index (χ0) is 11.1. The summed E-state index contributed by atoms with van der Waals surface area (Å²) in [5.41, 5.74) is 2.25. The summed E-state index contributed by atoms with van der Waals surface area (Å²) in [4.78, 5) is 15.5. The number of aromatic nitrogens is 1. The van der Waals surface area contributed by atoms with Crippen molar-refractivity contribution in [1.29, 1.82) is 0 Å². The molecule has 0 amide bonds. The third-order valence-electron chi connectivity index (χ3n) is 2.68. The summed E-state index contributed by atoms with van der Waals surface area (Å²) in [5.74, 6) is 0. The van der Waals surface area contributed by atoms with Crippen LogP contribution in [-0.2, 0) is 0 Å². The molecule has 0 fully saturated rings. The van der Waals surface area contributed by atoms with E-state index in [1.807, 2.05) is 25.1 Å². The molecule has 0 aliphatic carbocycles. The van der Waals surface area contributed by atoms with E-state index >= 15 is 0 Å². The summed E-state index contributed by atoms with van der Waals surface area (Å²) in [6.07, 6.45) is 1.76. The maximum absolute atomic E-state index is 11.1. The summed E-state index contributed by atoms with van der Waals surface area (Å²) < 4.78 is 5.17. The Morgan fingerprint density at radius 2 is 2.06 bits per heavy atom. The number of rotatable bonds is 0. The molecular weight excluding hydrogens is 202 g/mol. The Labute approximate surface area is 91.3 Å². The summed E-state index contributed by atoms with van der Waals surface area (Å²) in [5, 5.41) is 1.94. The Morgan fingerprint density at radius 3 is 2.94 bits per heavy atom. The molecule has 2 heterocycles. The van der Waals surface area contributed by atoms with Crippen molar-refractivity contribution < 1.29 is 4.42 Å². The molecule has 0 radical (unpaired) electrons. The van der Waals surface area contributed by atoms with Gasteiger partial charge in [-0.25, -0.2) is 4.79 Å². The fourth-order valence-electron chi connectivity index (χ4n) is 1.96. The van der Waals surface area contributed by atoms with Gasteiger partial charge in [0.15, 0.2) is 0 Å². The first-order chi connectivity index (χ1) is 7.75. The first-order valence-electron chi connectivity index (χ1n) is 5.04. The van der Waals surface area contributed by atoms with Gasteiger partial charge in [-0.15, -0.1) is 0 Å². The molecule has 3 rings (SSSR count). The number of nitrogens with zero attached hydrogens (tertiary/aromatic N) is 1. The third-order valence-corrected chi connectivity index (χ3v) is 2.68. The molecule has 0 aliphatic rings. The first kappa shape index (κ1) is 9.09. The molecule has 0 N–H and O–H groups in total. The highest BCUT2D eigenvalue weighted by atomic mass is 16.4. The normalized spacial score (nSPS) is 11.1. The number of fused-ring (bicyclic) bond motifs is 3. The summed E-state index contributed by atoms with van der Waals surface area (Å²) in [7, 11) is 0. The van der Waals surface area contributed by atoms with Gasteiger partial charge in [0, 0.05) is 23.0 Å². The third kappa shape index (κ3) is 1.21. The van der Waals surface area contributed by atoms with Crippen molar-refractivity contribution >= 4 is 21.9 Å². The fourth-order valence-corrected chi connectivity index (χ4v) is 1.96. The Morgan fingerprint density at radius 1 is 1.19 bits per heavy atom. The Balaban J connectivity index is 2.64. The second-order valence-corrected chi connectivity index (χ2v) is 3.76. The molecule has 0 spiro atoms. The van der Waals surface area contributed by atoms with E-state index in [9.17, 15) is 4.79 Å². The van der Waals surface area contributed by atoms with Gasteiger partial charge in [0.05, 0.1) is 5.52 Å². The molecule has 0 unspecified atom stereocenters. The van der Waals surface area contributed by atoms with Crippen molar-refractivity contribution in [3.63, 3.8) is 0 Å². The van der Waals surface area contributed by atoms with Gasteiger partial charge in [0.25, 0.3) is 0 Å². The Bertz CT molecular complexity index is 744. The van der Waals surface area contributed by atoms with Crippen LogP contribution >= 0.6 is 0 Å². The zero-order valence-corrected chi connectivity index (χ0v) is 8.73. The van der Waals surface area contributed by atoms with Crippen LogP contribution in [0.15, 0.2) is 45.7 Å². The minimum Gasteiger partial charge on any atom is -0.423 e. The van der Waals surface area contributed by atoms with Crippen molar-refractivity contribution in [3.8, 4) is 0 Å². The quantitative estimate of drug-likeness (QED) is 0.424. The van der Waals surface area contributed by atoms with Crippen molar-refractivity contribution in [3.05, 3.63) is 52.5 Å². The smallest absolute Gasteiger partial charge is 0.336 e. The number of hydrogen-bond acceptors (Lipinski definition) is 3. The Hall–Kier alpha value is -2.16. The van der Waals surface area contributed by atoms with Crippen LogP contribution in [0.3, 0.4) is 0 Å². The highest BCUT2D eigenvalue weighted by Gasteiger charge is 2.06. The predicted octanol–water partition coefficient (Wildman–Crippen LogP) is 2.65. The lowest BCUT2D eigenvalue weighted by Crippen LogP contribution is -1.95. The van der Waals surface area contributed by atoms with Crippen molar-refractivity contribution in [2.75, 3.05) is 0 Å². The van der Waals surface area contributed by atoms with Crippen LogP contribution < -0.4 is 5.63 Å². The van der Waals surface area contributed by atoms with Gasteiger partial charge >= 0.3 is 5.63 Å². The minimum atomic E-state index is -0.324. The number of hydrogen-bond donors (Lipinski definition) is 0. The molecule has 0 bridgehead atoms. The predicted molar refractivity (Wildman–Crippen MR) is 62.5 cm³/mol. The van der Waals surface area contributed by atoms with Gasteiger partial charge < -0.3 is 4.42 Å². The molecule has 16 heavy (non-hydrogen) atoms. The van der Waals surface area contributed by atoms with Crippen molar-refractivity contribution in [1.82, 2.24) is 4.98 Å². The number of pyridine rings is 1. The van der Waals surface area contributed by atoms with E-state index in [1.54, 1.807) is 12.3 Å². The maximum Gasteiger partial charge on any atom is 0.336 e. The second kappa shape index (κ2) is 3.17. The highest BCUT2D eigenvalue weighted by Crippen LogP contribution is 2.25. The first-order valence-corrected chi connectivity index (χ1v) is 5.04. The molecule has 0 saturated carbocycles. The number of aryl methyl sites for hydroxylation is 1. The maximum atomic E-state index is 11.1. The molecule has 3 heteroatoms. The van der Waals surface area contributed by atoms with Gasteiger partial charge in [-0.2, -0.15) is 0 Å². The van der Waals surface area contributed by atoms with Gasteiger partial charge in [0.1, 0.15) is 5.58 Å². The van der Waals surface area contributed by atoms with Crippen LogP contribution in [0.4, 0.5) is 0 Å². The van der Waals surface area contributed by atoms with Crippen LogP contribution in [0, 0.1) is 6.92 Å². The SMILES string of the molecule is Cc1cc2oc(=O)ccc2c2cccnc12. The molecule has 2 aromatic heterocycles. The molecule has 0 saturated heterocycles. The highest BCUT2D eigenvalue weighted by molar-refractivity contribution is 6.05. The Kier molecular flexibility index (Phi) is 1.80. The van der Waals surface area contributed by atoms with E-state index in [4.69, 9.17) is 4.42 Å². The lowest BCUT2D eigenvalue weighted by atomic mass is 10.1. The standard InChI is InChI=1S/C13H9NO2/c1-8-7-11-9(4-5-12(15)16-11)10-3-2-6-14-13(8)10/h2-7H,1H3. The van der Waals surface area contributed by atoms with E-state index in [1.165, 1.54) is 6.07 Å². The largest absolute Gasteiger partial charge is 0.423 e. The monoisotopic (exact) mass is 211 g/mol. The van der Waals surface area contributed by atoms with Crippen LogP contribution in [0.5, 0.6) is 0 Å². The van der Waals surface area contributed by atoms with E-state index < -0.39 is 0 Å². The molecule has 1 aromatic carbocycles. The number of benzene rings is 1. The van der Waals surface area contributed by atoms with E-state index in [0.717, 1.165) is 21.9 Å². The van der Waals surface area contributed by atoms with E-state index in [-0.39, 0.29) is 5.63 Å². The van der Waals surface area contributed by atoms with Crippen molar-refractivity contribution in [2.45, 2.75) is 6.92 Å². The lowest BCUT2D eigenvalue weighted by Gasteiger charge is -2.04. The summed E-state index contributed by atoms with van der Waals surface area (Å²) in [6.45, 7) is 1.96. The fraction of sp³-hybridized carbons (Fsp3) is 0.0769. The average Bonchev–Trinajstić information content (AvgIpc) is 2.29. The van der Waals surface area contributed by atoms with Gasteiger partial charge in [-0.05, 0) is 30.7 Å². The molecule has 3 aromatic rings. The molecular formula is C13H9NO2. The minimum absolute atomic E-state index is 0.324. The van der Waals surface area contributed by atoms with Crippen LogP contribution in [0.25, 0.3) is 21.9 Å².